The monoisotopic (exact) mass is 447 g/mol. The third-order valence-corrected chi connectivity index (χ3v) is 5.14. The maximum atomic E-state index is 13.0. The summed E-state index contributed by atoms with van der Waals surface area (Å²) in [6.07, 6.45) is 0.734. The topological polar surface area (TPSA) is 79.9 Å². The van der Waals surface area contributed by atoms with Crippen molar-refractivity contribution in [2.45, 2.75) is 6.42 Å². The minimum atomic E-state index is -0.333. The minimum Gasteiger partial charge on any atom is -0.497 e. The van der Waals surface area contributed by atoms with E-state index in [0.717, 1.165) is 17.7 Å². The van der Waals surface area contributed by atoms with Gasteiger partial charge in [-0.3, -0.25) is 9.59 Å². The average Bonchev–Trinajstić information content (AvgIpc) is 2.84. The first-order valence-corrected chi connectivity index (χ1v) is 10.6. The summed E-state index contributed by atoms with van der Waals surface area (Å²) in [7, 11) is 6.80. The van der Waals surface area contributed by atoms with Crippen LogP contribution in [0.2, 0.25) is 0 Å². The Morgan fingerprint density at radius 2 is 1.52 bits per heavy atom. The highest BCUT2D eigenvalue weighted by Gasteiger charge is 2.16. The molecule has 3 aromatic carbocycles. The number of carbonyl (C=O) groups excluding carboxylic acids is 2. The van der Waals surface area contributed by atoms with Gasteiger partial charge in [0.15, 0.2) is 0 Å². The van der Waals surface area contributed by atoms with E-state index in [9.17, 15) is 9.59 Å². The molecule has 0 bridgehead atoms. The lowest BCUT2D eigenvalue weighted by atomic mass is 10.1. The first-order valence-electron chi connectivity index (χ1n) is 10.6. The Hall–Kier alpha value is -4.00. The molecule has 0 fully saturated rings. The van der Waals surface area contributed by atoms with Gasteiger partial charge in [-0.2, -0.15) is 0 Å². The lowest BCUT2D eigenvalue weighted by Crippen LogP contribution is -2.28. The van der Waals surface area contributed by atoms with E-state index in [4.69, 9.17) is 9.47 Å². The summed E-state index contributed by atoms with van der Waals surface area (Å²) in [5, 5.41) is 5.83. The first kappa shape index (κ1) is 23.7. The number of nitrogens with zero attached hydrogens (tertiary/aromatic N) is 1. The molecular formula is C26H29N3O4. The lowest BCUT2D eigenvalue weighted by molar-refractivity contribution is 0.0953. The van der Waals surface area contributed by atoms with E-state index in [2.05, 4.69) is 10.6 Å². The van der Waals surface area contributed by atoms with Gasteiger partial charge in [0.25, 0.3) is 11.8 Å². The molecule has 7 nitrogen and oxygen atoms in total. The molecule has 0 heterocycles. The molecule has 0 aromatic heterocycles. The summed E-state index contributed by atoms with van der Waals surface area (Å²) in [6.45, 7) is 0.510. The summed E-state index contributed by atoms with van der Waals surface area (Å²) in [4.78, 5) is 27.7. The Labute approximate surface area is 194 Å². The fourth-order valence-corrected chi connectivity index (χ4v) is 3.39. The van der Waals surface area contributed by atoms with Gasteiger partial charge in [0, 0.05) is 43.6 Å². The Bertz CT molecular complexity index is 1090. The van der Waals surface area contributed by atoms with Crippen molar-refractivity contribution >= 4 is 23.2 Å². The predicted octanol–water partition coefficient (Wildman–Crippen LogP) is 3.99. The number of anilines is 2. The highest BCUT2D eigenvalue weighted by atomic mass is 16.5. The standard InChI is InChI=1S/C26H29N3O4/c1-29(2)24-11-10-20(28-25(30)19-14-21(32-3)17-22(15-19)33-4)16-23(24)26(31)27-13-12-18-8-6-5-7-9-18/h5-11,14-17H,12-13H2,1-4H3,(H,27,31)(H,28,30). The second-order valence-corrected chi connectivity index (χ2v) is 7.67. The number of hydrogen-bond donors (Lipinski definition) is 2. The fraction of sp³-hybridized carbons (Fsp3) is 0.231. The zero-order valence-corrected chi connectivity index (χ0v) is 19.3. The zero-order valence-electron chi connectivity index (χ0n) is 19.3. The lowest BCUT2D eigenvalue weighted by Gasteiger charge is -2.19. The number of nitrogens with one attached hydrogen (secondary N) is 2. The van der Waals surface area contributed by atoms with Crippen LogP contribution in [0.1, 0.15) is 26.3 Å². The molecule has 2 amide bonds. The van der Waals surface area contributed by atoms with E-state index >= 15 is 0 Å². The molecule has 0 unspecified atom stereocenters. The summed E-state index contributed by atoms with van der Waals surface area (Å²) in [5.41, 5.74) is 3.29. The normalized spacial score (nSPS) is 10.3. The van der Waals surface area contributed by atoms with Crippen LogP contribution in [0.5, 0.6) is 11.5 Å². The van der Waals surface area contributed by atoms with Gasteiger partial charge in [0.1, 0.15) is 11.5 Å². The van der Waals surface area contributed by atoms with Crippen molar-refractivity contribution in [2.24, 2.45) is 0 Å². The third-order valence-electron chi connectivity index (χ3n) is 5.14. The maximum Gasteiger partial charge on any atom is 0.255 e. The highest BCUT2D eigenvalue weighted by Crippen LogP contribution is 2.26. The summed E-state index contributed by atoms with van der Waals surface area (Å²) < 4.78 is 10.5. The van der Waals surface area contributed by atoms with Crippen LogP contribution in [-0.4, -0.2) is 46.7 Å². The molecule has 2 N–H and O–H groups in total. The SMILES string of the molecule is COc1cc(OC)cc(C(=O)Nc2ccc(N(C)C)c(C(=O)NCCc3ccccc3)c2)c1. The van der Waals surface area contributed by atoms with Gasteiger partial charge < -0.3 is 25.0 Å². The number of carbonyl (C=O) groups is 2. The molecule has 7 heteroatoms. The smallest absolute Gasteiger partial charge is 0.255 e. The van der Waals surface area contributed by atoms with Crippen LogP contribution in [0.15, 0.2) is 66.7 Å². The minimum absolute atomic E-state index is 0.200. The molecule has 3 aromatic rings. The fourth-order valence-electron chi connectivity index (χ4n) is 3.39. The summed E-state index contributed by atoms with van der Waals surface area (Å²) >= 11 is 0. The molecule has 33 heavy (non-hydrogen) atoms. The zero-order chi connectivity index (χ0) is 23.8. The molecule has 0 spiro atoms. The highest BCUT2D eigenvalue weighted by molar-refractivity contribution is 6.06. The van der Waals surface area contributed by atoms with E-state index in [1.54, 1.807) is 30.3 Å². The second-order valence-electron chi connectivity index (χ2n) is 7.67. The number of benzene rings is 3. The van der Waals surface area contributed by atoms with Crippen molar-refractivity contribution < 1.29 is 19.1 Å². The van der Waals surface area contributed by atoms with Gasteiger partial charge in [-0.05, 0) is 42.3 Å². The number of rotatable bonds is 9. The molecule has 0 aliphatic heterocycles. The molecule has 0 saturated carbocycles. The number of hydrogen-bond acceptors (Lipinski definition) is 5. The van der Waals surface area contributed by atoms with Crippen molar-refractivity contribution in [2.75, 3.05) is 45.1 Å². The summed E-state index contributed by atoms with van der Waals surface area (Å²) in [5.74, 6) is 0.496. The van der Waals surface area contributed by atoms with Crippen molar-refractivity contribution in [3.63, 3.8) is 0 Å². The molecule has 0 aliphatic rings. The largest absolute Gasteiger partial charge is 0.497 e. The number of ether oxygens (including phenoxy) is 2. The Morgan fingerprint density at radius 1 is 0.848 bits per heavy atom. The Balaban J connectivity index is 1.76. The van der Waals surface area contributed by atoms with Crippen LogP contribution in [-0.2, 0) is 6.42 Å². The molecular weight excluding hydrogens is 418 g/mol. The van der Waals surface area contributed by atoms with E-state index in [1.807, 2.05) is 55.4 Å². The van der Waals surface area contributed by atoms with Gasteiger partial charge in [0.05, 0.1) is 19.8 Å². The quantitative estimate of drug-likeness (QED) is 0.518. The third kappa shape index (κ3) is 6.26. The number of methoxy groups -OCH3 is 2. The van der Waals surface area contributed by atoms with E-state index in [-0.39, 0.29) is 11.8 Å². The van der Waals surface area contributed by atoms with Crippen LogP contribution in [0.4, 0.5) is 11.4 Å². The molecule has 0 atom stereocenters. The Morgan fingerprint density at radius 3 is 2.12 bits per heavy atom. The van der Waals surface area contributed by atoms with Gasteiger partial charge in [-0.15, -0.1) is 0 Å². The van der Waals surface area contributed by atoms with Crippen molar-refractivity contribution in [3.05, 3.63) is 83.4 Å². The van der Waals surface area contributed by atoms with E-state index in [0.29, 0.717) is 34.9 Å². The van der Waals surface area contributed by atoms with Crippen LogP contribution >= 0.6 is 0 Å². The molecule has 0 saturated heterocycles. The van der Waals surface area contributed by atoms with Gasteiger partial charge in [-0.25, -0.2) is 0 Å². The van der Waals surface area contributed by atoms with E-state index in [1.165, 1.54) is 14.2 Å². The van der Waals surface area contributed by atoms with Crippen LogP contribution in [0.25, 0.3) is 0 Å². The average molecular weight is 448 g/mol. The summed E-state index contributed by atoms with van der Waals surface area (Å²) in [6, 6.07) is 20.2. The molecule has 172 valence electrons. The molecule has 0 radical (unpaired) electrons. The first-order chi connectivity index (χ1) is 15.9. The molecule has 3 rings (SSSR count). The van der Waals surface area contributed by atoms with Gasteiger partial charge in [-0.1, -0.05) is 30.3 Å². The van der Waals surface area contributed by atoms with E-state index < -0.39 is 0 Å². The predicted molar refractivity (Wildman–Crippen MR) is 131 cm³/mol. The Kier molecular flexibility index (Phi) is 7.91. The number of amides is 2. The van der Waals surface area contributed by atoms with Crippen molar-refractivity contribution in [3.8, 4) is 11.5 Å². The van der Waals surface area contributed by atoms with Crippen molar-refractivity contribution in [1.82, 2.24) is 5.32 Å². The van der Waals surface area contributed by atoms with Crippen molar-refractivity contribution in [1.29, 1.82) is 0 Å². The maximum absolute atomic E-state index is 13.0. The van der Waals surface area contributed by atoms with Gasteiger partial charge >= 0.3 is 0 Å². The van der Waals surface area contributed by atoms with Gasteiger partial charge in [0.2, 0.25) is 0 Å². The van der Waals surface area contributed by atoms with Crippen LogP contribution in [0.3, 0.4) is 0 Å². The second kappa shape index (κ2) is 11.0. The van der Waals surface area contributed by atoms with Crippen LogP contribution < -0.4 is 25.0 Å². The molecule has 0 aliphatic carbocycles. The van der Waals surface area contributed by atoms with Crippen LogP contribution in [0, 0.1) is 0 Å².